The van der Waals surface area contributed by atoms with E-state index >= 15 is 0 Å². The predicted octanol–water partition coefficient (Wildman–Crippen LogP) is 23.5. The number of methoxy groups -OCH3 is 2. The van der Waals surface area contributed by atoms with E-state index in [0.29, 0.717) is 24.8 Å². The number of ether oxygens (including phenoxy) is 2. The second kappa shape index (κ2) is 56.0. The Kier molecular flexibility index (Phi) is 40.6. The van der Waals surface area contributed by atoms with Crippen LogP contribution in [0.25, 0.3) is 11.1 Å². The molecule has 2 amide bonds. The first-order valence-electron chi connectivity index (χ1n) is 48.5. The van der Waals surface area contributed by atoms with E-state index in [1.165, 1.54) is 75.8 Å². The third kappa shape index (κ3) is 29.4. The van der Waals surface area contributed by atoms with Crippen molar-refractivity contribution in [3.05, 3.63) is 593 Å². The van der Waals surface area contributed by atoms with Gasteiger partial charge in [-0.05, 0) is 264 Å². The molecule has 0 spiro atoms. The molecule has 2 atom stereocenters. The third-order valence-electron chi connectivity index (χ3n) is 24.6. The number of amides is 2. The number of hydrogen-bond acceptors (Lipinski definition) is 10. The second-order valence-electron chi connectivity index (χ2n) is 34.1. The van der Waals surface area contributed by atoms with Gasteiger partial charge in [0.15, 0.2) is 0 Å². The van der Waals surface area contributed by atoms with Crippen LogP contribution in [-0.4, -0.2) is 58.1 Å². The minimum absolute atomic E-state index is 0. The van der Waals surface area contributed by atoms with Gasteiger partial charge in [-0.3, -0.25) is 19.2 Å². The van der Waals surface area contributed by atoms with Crippen LogP contribution in [0.2, 0.25) is 0 Å². The van der Waals surface area contributed by atoms with Crippen molar-refractivity contribution in [1.29, 1.82) is 0 Å². The van der Waals surface area contributed by atoms with Gasteiger partial charge in [-0.1, -0.05) is 428 Å². The Balaban J connectivity index is 0.000000133. The summed E-state index contributed by atoms with van der Waals surface area (Å²) in [5.41, 5.74) is 7.14. The Morgan fingerprint density at radius 3 is 0.779 bits per heavy atom. The summed E-state index contributed by atoms with van der Waals surface area (Å²) in [6.45, 7) is 0. The van der Waals surface area contributed by atoms with Crippen LogP contribution in [0.1, 0.15) is 67.9 Å². The van der Waals surface area contributed by atoms with Gasteiger partial charge in [0.2, 0.25) is 0 Å². The van der Waals surface area contributed by atoms with Gasteiger partial charge >= 0.3 is 7.69 Å². The largest absolute Gasteiger partial charge is 0.569 e. The van der Waals surface area contributed by atoms with Crippen LogP contribution in [0.3, 0.4) is 0 Å². The van der Waals surface area contributed by atoms with E-state index in [1.807, 2.05) is 72.8 Å². The summed E-state index contributed by atoms with van der Waals surface area (Å²) in [5.74, 6) is 1.69. The first-order chi connectivity index (χ1) is 72.7. The number of aromatic hydroxyl groups is 2. The predicted molar refractivity (Wildman–Crippen MR) is 621 cm³/mol. The molecule has 22 rings (SSSR count). The maximum atomic E-state index is 13.3. The number of nitrogens with zero attached hydrogens (tertiary/aromatic N) is 2. The molecular formula is C128H109BBrN4O10P4Pd. The topological polar surface area (TPSA) is 191 Å². The van der Waals surface area contributed by atoms with E-state index in [2.05, 4.69) is 395 Å². The minimum atomic E-state index is -0.446. The number of anilines is 2. The summed E-state index contributed by atoms with van der Waals surface area (Å²) >= 11 is 3.36. The molecule has 2 heterocycles. The van der Waals surface area contributed by atoms with Crippen LogP contribution in [0, 0.1) is 0 Å². The average Bonchev–Trinajstić information content (AvgIpc) is 1.64. The van der Waals surface area contributed by atoms with Crippen molar-refractivity contribution in [1.82, 2.24) is 9.13 Å². The van der Waals surface area contributed by atoms with Gasteiger partial charge in [-0.25, -0.2) is 0 Å². The molecule has 0 fully saturated rings. The summed E-state index contributed by atoms with van der Waals surface area (Å²) in [5, 5.41) is 48.8. The summed E-state index contributed by atoms with van der Waals surface area (Å²) in [6.07, 6.45) is 6.72. The van der Waals surface area contributed by atoms with E-state index in [4.69, 9.17) is 19.6 Å². The van der Waals surface area contributed by atoms with Crippen molar-refractivity contribution < 1.29 is 59.4 Å². The smallest absolute Gasteiger partial charge is 0.537 e. The van der Waals surface area contributed by atoms with Crippen molar-refractivity contribution >= 4 is 142 Å². The minimum Gasteiger partial charge on any atom is -0.537 e. The molecule has 18 aromatic carbocycles. The zero-order valence-corrected chi connectivity index (χ0v) is 88.7. The van der Waals surface area contributed by atoms with Gasteiger partial charge in [0.1, 0.15) is 39.9 Å². The molecule has 0 aliphatic heterocycles. The number of carbonyl (C=O) groups is 2. The number of halogens is 1. The van der Waals surface area contributed by atoms with Crippen molar-refractivity contribution in [2.75, 3.05) is 24.9 Å². The zero-order chi connectivity index (χ0) is 102. The molecule has 2 aromatic heterocycles. The molecule has 2 aliphatic rings. The van der Waals surface area contributed by atoms with E-state index < -0.39 is 43.5 Å². The molecule has 14 nitrogen and oxygen atoms in total. The molecule has 2 aliphatic carbocycles. The molecule has 21 heteroatoms. The van der Waals surface area contributed by atoms with Crippen LogP contribution in [0.4, 0.5) is 11.4 Å². The number of aromatic nitrogens is 2. The van der Waals surface area contributed by atoms with Crippen LogP contribution in [0.15, 0.2) is 548 Å². The number of phenolic OH excluding ortho intramolecular Hbond substituents is 2. The monoisotopic (exact) mass is 2180 g/mol. The van der Waals surface area contributed by atoms with Gasteiger partial charge in [0.05, 0.1) is 26.3 Å². The second-order valence-corrected chi connectivity index (χ2v) is 43.9. The summed E-state index contributed by atoms with van der Waals surface area (Å²) < 4.78 is 19.7. The average molecular weight is 2180 g/mol. The van der Waals surface area contributed by atoms with E-state index in [-0.39, 0.29) is 66.3 Å². The number of phenols is 2. The van der Waals surface area contributed by atoms with Gasteiger partial charge < -0.3 is 49.1 Å². The fourth-order valence-corrected chi connectivity index (χ4v) is 27.1. The van der Waals surface area contributed by atoms with Crippen molar-refractivity contribution in [3.63, 3.8) is 0 Å². The van der Waals surface area contributed by atoms with E-state index in [9.17, 15) is 24.3 Å². The number of hydrogen-bond donors (Lipinski definition) is 5. The first kappa shape index (κ1) is 108. The normalized spacial score (nSPS) is 12.1. The number of benzene rings is 18. The van der Waals surface area contributed by atoms with Crippen LogP contribution >= 0.6 is 47.6 Å². The molecule has 741 valence electrons. The Morgan fingerprint density at radius 2 is 0.537 bits per heavy atom. The third-order valence-corrected chi connectivity index (χ3v) is 34.9. The van der Waals surface area contributed by atoms with Gasteiger partial charge in [-0.15, -0.1) is 0 Å². The fraction of sp³-hybridized carbons (Fsp3) is 0.0625. The molecule has 0 bridgehead atoms. The van der Waals surface area contributed by atoms with Crippen molar-refractivity contribution in [2.24, 2.45) is 0 Å². The quantitative estimate of drug-likeness (QED) is 0.0304. The Bertz CT molecular complexity index is 6830. The summed E-state index contributed by atoms with van der Waals surface area (Å²) in [6, 6.07) is 175. The van der Waals surface area contributed by atoms with Crippen LogP contribution in [-0.2, 0) is 33.3 Å². The fourth-order valence-electron chi connectivity index (χ4n) is 17.6. The SMILES string of the molecule is COc1cccc2c1CCC2n1cccc(C(=O)Nc2ccc(-c3ccc(O)cc3)cc2)c1=O.COc1cccc2c1CCC2n1cccc(C(=O)Nc2ccc(Br)cc2)c1=O.O[B]Oc1ccc(O)cc1.[Pd].c1ccc(P(c2ccccc2)c2ccccc2)cc1.c1ccc(P(c2ccccc2)c2ccccc2)cc1.c1ccc(P(c2ccccc2)c2ccccc2)cc1.c1ccc(P(c2ccccc2)c2ccccc2)cc1. The zero-order valence-electron chi connectivity index (χ0n) is 81.9. The molecule has 0 saturated heterocycles. The number of rotatable bonds is 23. The number of nitrogens with one attached hydrogen (secondary N) is 2. The Morgan fingerprint density at radius 1 is 0.302 bits per heavy atom. The van der Waals surface area contributed by atoms with Crippen LogP contribution in [0.5, 0.6) is 28.7 Å². The summed E-state index contributed by atoms with van der Waals surface area (Å²) in [4.78, 5) is 52.0. The molecule has 149 heavy (non-hydrogen) atoms. The number of carbonyl (C=O) groups excluding carboxylic acids is 2. The Hall–Kier alpha value is -15.3. The van der Waals surface area contributed by atoms with E-state index in [1.54, 1.807) is 109 Å². The first-order valence-corrected chi connectivity index (χ1v) is 54.7. The molecule has 0 saturated carbocycles. The Labute approximate surface area is 898 Å². The van der Waals surface area contributed by atoms with E-state index in [0.717, 1.165) is 75.0 Å². The number of pyridine rings is 2. The van der Waals surface area contributed by atoms with Gasteiger partial charge in [0, 0.05) is 48.7 Å². The molecule has 1 radical (unpaired) electrons. The summed E-state index contributed by atoms with van der Waals surface area (Å²) in [7, 11) is 2.11. The molecular weight excluding hydrogens is 2070 g/mol. The standard InChI is InChI=1S/C28H24N2O4.C22H19BrN2O3.4C18H15P.C6H6BO3.Pd/c1-34-26-6-2-4-22-23(26)15-16-25(22)30-17-3-5-24(28(30)33)27(32)29-20-11-7-18(8-12-20)19-9-13-21(31)14-10-19;1-28-20-6-2-4-16-17(20)11-12-19(16)25-13-3-5-18(22(25)27)21(26)24-15-9-7-14(23)8-10-15;4*1-4-10-16(11-5-1)19(17-12-6-2-7-13-17)18-14-8-3-9-15-18;8-5-1-3-6(4-2-5)10-7-9;/h2-14,17,25,31H,15-16H2,1H3,(H,29,32);2-10,13,19H,11-12H2,1H3,(H,24,26);4*1-15H;1-4,8-9H;. The maximum absolute atomic E-state index is 13.3. The van der Waals surface area contributed by atoms with Crippen molar-refractivity contribution in [3.8, 4) is 39.9 Å². The van der Waals surface area contributed by atoms with Gasteiger partial charge in [0.25, 0.3) is 22.9 Å². The maximum Gasteiger partial charge on any atom is 0.569 e. The molecule has 20 aromatic rings. The van der Waals surface area contributed by atoms with Crippen molar-refractivity contribution in [2.45, 2.75) is 37.8 Å². The van der Waals surface area contributed by atoms with Crippen LogP contribution < -0.4 is 99.5 Å². The van der Waals surface area contributed by atoms with Gasteiger partial charge in [-0.2, -0.15) is 0 Å². The number of fused-ring (bicyclic) bond motifs is 2. The molecule has 2 unspecified atom stereocenters. The molecule has 5 N–H and O–H groups in total.